The number of carbonyl (C=O) groups excluding carboxylic acids is 2. The van der Waals surface area contributed by atoms with Crippen molar-refractivity contribution in [2.75, 3.05) is 13.2 Å². The van der Waals surface area contributed by atoms with Gasteiger partial charge in [0.15, 0.2) is 0 Å². The van der Waals surface area contributed by atoms with E-state index in [1.807, 2.05) is 0 Å². The molecular weight excluding hydrogens is 512 g/mol. The lowest BCUT2D eigenvalue weighted by molar-refractivity contribution is -0.906. The van der Waals surface area contributed by atoms with Crippen LogP contribution >= 0.6 is 31.9 Å². The number of aromatic amines is 1. The number of H-pyrrole nitrogens is 1. The topological polar surface area (TPSA) is 110 Å². The van der Waals surface area contributed by atoms with Gasteiger partial charge in [-0.1, -0.05) is 7.43 Å². The zero-order chi connectivity index (χ0) is 21.4. The van der Waals surface area contributed by atoms with Crippen LogP contribution in [0.4, 0.5) is 0 Å². The van der Waals surface area contributed by atoms with E-state index in [9.17, 15) is 19.6 Å². The van der Waals surface area contributed by atoms with Crippen LogP contribution in [0.3, 0.4) is 0 Å². The number of aromatic nitrogens is 2. The largest absolute Gasteiger partial charge is 0.461 e. The highest BCUT2D eigenvalue weighted by atomic mass is 79.9. The first kappa shape index (κ1) is 26.8. The van der Waals surface area contributed by atoms with E-state index in [-0.39, 0.29) is 37.6 Å². The lowest BCUT2D eigenvalue weighted by Crippen LogP contribution is -2.39. The molecule has 0 amide bonds. The number of halogens is 2. The summed E-state index contributed by atoms with van der Waals surface area (Å²) in [7, 11) is 0. The second-order valence-corrected chi connectivity index (χ2v) is 7.25. The van der Waals surface area contributed by atoms with Crippen molar-refractivity contribution in [2.45, 2.75) is 35.1 Å². The minimum absolute atomic E-state index is 0. The van der Waals surface area contributed by atoms with E-state index >= 15 is 0 Å². The number of ether oxygens (including phenoxy) is 2. The van der Waals surface area contributed by atoms with Crippen molar-refractivity contribution in [3.05, 3.63) is 60.1 Å². The number of carbonyl (C=O) groups is 2. The molecule has 0 aliphatic carbocycles. The highest BCUT2D eigenvalue weighted by molar-refractivity contribution is 9.10. The molecule has 0 atom stereocenters. The third-order valence-corrected chi connectivity index (χ3v) is 4.37. The molecule has 0 spiro atoms. The SMILES string of the molecule is C.CCOC(=O)c1[nH]c(=O)c(Br)cc1C.CCOC(=O)c1c(C)cc(Br)c[n+]1O. The summed E-state index contributed by atoms with van der Waals surface area (Å²) < 4.78 is 11.4. The van der Waals surface area contributed by atoms with Crippen molar-refractivity contribution in [3.63, 3.8) is 0 Å². The molecule has 0 aliphatic heterocycles. The number of hydrogen-bond acceptors (Lipinski definition) is 6. The van der Waals surface area contributed by atoms with Gasteiger partial charge in [0, 0.05) is 10.3 Å². The summed E-state index contributed by atoms with van der Waals surface area (Å²) >= 11 is 6.27. The van der Waals surface area contributed by atoms with Gasteiger partial charge in [-0.15, -0.1) is 0 Å². The van der Waals surface area contributed by atoms with E-state index in [4.69, 9.17) is 9.47 Å². The van der Waals surface area contributed by atoms with E-state index in [0.29, 0.717) is 20.1 Å². The molecule has 160 valence electrons. The fourth-order valence-electron chi connectivity index (χ4n) is 2.14. The van der Waals surface area contributed by atoms with E-state index in [1.54, 1.807) is 39.8 Å². The minimum atomic E-state index is -0.528. The first-order valence-electron chi connectivity index (χ1n) is 8.27. The number of hydrogen-bond donors (Lipinski definition) is 2. The molecule has 2 heterocycles. The van der Waals surface area contributed by atoms with Crippen LogP contribution < -0.4 is 10.3 Å². The van der Waals surface area contributed by atoms with Crippen LogP contribution in [0.5, 0.6) is 0 Å². The van der Waals surface area contributed by atoms with E-state index in [1.165, 1.54) is 6.20 Å². The molecule has 0 radical (unpaired) electrons. The summed E-state index contributed by atoms with van der Waals surface area (Å²) in [6.45, 7) is 7.46. The monoisotopic (exact) mass is 535 g/mol. The molecule has 2 N–H and O–H groups in total. The molecular formula is C19H25Br2N2O6+. The van der Waals surface area contributed by atoms with Crippen molar-refractivity contribution in [3.8, 4) is 0 Å². The highest BCUT2D eigenvalue weighted by Crippen LogP contribution is 2.12. The summed E-state index contributed by atoms with van der Waals surface area (Å²) in [5.41, 5.74) is 1.35. The Kier molecular flexibility index (Phi) is 11.4. The number of esters is 2. The first-order valence-corrected chi connectivity index (χ1v) is 9.85. The molecule has 0 aliphatic rings. The molecule has 0 saturated heterocycles. The molecule has 0 bridgehead atoms. The Bertz CT molecular complexity index is 904. The van der Waals surface area contributed by atoms with Crippen LogP contribution in [-0.2, 0) is 9.47 Å². The van der Waals surface area contributed by atoms with E-state index in [0.717, 1.165) is 4.73 Å². The standard InChI is InChI=1S/C9H11BrNO3.C9H10BrNO3.CH4/c1-3-14-9(12)8-6(2)4-7(10)5-11(8)13;1-3-14-9(13)7-5(2)4-6(10)8(12)11-7;/h4-5,13H,3H2,1-2H3;4H,3H2,1-2H3,(H,11,12);1H4/q+1;;. The van der Waals surface area contributed by atoms with Gasteiger partial charge in [-0.3, -0.25) is 10.0 Å². The van der Waals surface area contributed by atoms with Gasteiger partial charge in [-0.05, 0) is 77.3 Å². The molecule has 2 rings (SSSR count). The Morgan fingerprint density at radius 2 is 1.62 bits per heavy atom. The van der Waals surface area contributed by atoms with E-state index in [2.05, 4.69) is 36.8 Å². The van der Waals surface area contributed by atoms with Crippen LogP contribution in [0, 0.1) is 13.8 Å². The van der Waals surface area contributed by atoms with Crippen LogP contribution in [0.25, 0.3) is 0 Å². The van der Waals surface area contributed by atoms with Gasteiger partial charge in [-0.2, -0.15) is 0 Å². The zero-order valence-corrected chi connectivity index (χ0v) is 19.0. The summed E-state index contributed by atoms with van der Waals surface area (Å²) in [4.78, 5) is 36.3. The smallest absolute Gasteiger partial charge is 0.408 e. The maximum absolute atomic E-state index is 11.4. The van der Waals surface area contributed by atoms with Crippen molar-refractivity contribution >= 4 is 43.8 Å². The van der Waals surface area contributed by atoms with Gasteiger partial charge in [0.1, 0.15) is 5.69 Å². The number of nitrogens with one attached hydrogen (secondary N) is 1. The van der Waals surface area contributed by atoms with Crippen molar-refractivity contribution in [1.29, 1.82) is 0 Å². The summed E-state index contributed by atoms with van der Waals surface area (Å²) in [6, 6.07) is 3.32. The molecule has 10 heteroatoms. The molecule has 29 heavy (non-hydrogen) atoms. The van der Waals surface area contributed by atoms with Crippen LogP contribution in [0.15, 0.2) is 32.1 Å². The average Bonchev–Trinajstić information content (AvgIpc) is 2.58. The van der Waals surface area contributed by atoms with Gasteiger partial charge >= 0.3 is 17.6 Å². The second kappa shape index (κ2) is 12.4. The van der Waals surface area contributed by atoms with E-state index < -0.39 is 11.9 Å². The molecule has 0 fully saturated rings. The molecule has 0 unspecified atom stereocenters. The molecule has 0 saturated carbocycles. The normalized spacial score (nSPS) is 9.59. The predicted octanol–water partition coefficient (Wildman–Crippen LogP) is 3.72. The second-order valence-electron chi connectivity index (χ2n) is 5.48. The Morgan fingerprint density at radius 3 is 2.14 bits per heavy atom. The van der Waals surface area contributed by atoms with Gasteiger partial charge in [0.05, 0.1) is 22.2 Å². The van der Waals surface area contributed by atoms with Crippen molar-refractivity contribution in [1.82, 2.24) is 4.98 Å². The maximum atomic E-state index is 11.4. The summed E-state index contributed by atoms with van der Waals surface area (Å²) in [5, 5.41) is 9.46. The first-order chi connectivity index (χ1) is 13.1. The van der Waals surface area contributed by atoms with Gasteiger partial charge in [0.25, 0.3) is 5.56 Å². The van der Waals surface area contributed by atoms with Gasteiger partial charge in [0.2, 0.25) is 6.20 Å². The Morgan fingerprint density at radius 1 is 1.07 bits per heavy atom. The Hall–Kier alpha value is -2.20. The Balaban J connectivity index is 0.000000523. The summed E-state index contributed by atoms with van der Waals surface area (Å²) in [6.07, 6.45) is 1.39. The fourth-order valence-corrected chi connectivity index (χ4v) is 3.12. The minimum Gasteiger partial charge on any atom is -0.461 e. The molecule has 2 aromatic heterocycles. The number of nitrogens with zero attached hydrogens (tertiary/aromatic N) is 1. The third kappa shape index (κ3) is 7.62. The number of pyridine rings is 2. The molecule has 8 nitrogen and oxygen atoms in total. The average molecular weight is 537 g/mol. The molecule has 2 aromatic rings. The summed E-state index contributed by atoms with van der Waals surface area (Å²) in [5.74, 6) is -1.03. The number of rotatable bonds is 4. The fraction of sp³-hybridized carbons (Fsp3) is 0.368. The lowest BCUT2D eigenvalue weighted by Gasteiger charge is -2.04. The molecule has 0 aromatic carbocycles. The Labute approximate surface area is 186 Å². The number of aryl methyl sites for hydroxylation is 2. The lowest BCUT2D eigenvalue weighted by atomic mass is 10.2. The van der Waals surface area contributed by atoms with Gasteiger partial charge in [-0.25, -0.2) is 9.59 Å². The van der Waals surface area contributed by atoms with Crippen molar-refractivity contribution in [2.24, 2.45) is 0 Å². The quantitative estimate of drug-likeness (QED) is 0.350. The predicted molar refractivity (Wildman–Crippen MR) is 114 cm³/mol. The highest BCUT2D eigenvalue weighted by Gasteiger charge is 2.25. The third-order valence-electron chi connectivity index (χ3n) is 3.34. The van der Waals surface area contributed by atoms with Crippen molar-refractivity contribution < 1.29 is 29.0 Å². The van der Waals surface area contributed by atoms with Crippen LogP contribution in [0.1, 0.15) is 53.4 Å². The zero-order valence-electron chi connectivity index (χ0n) is 15.8. The van der Waals surface area contributed by atoms with Crippen LogP contribution in [-0.4, -0.2) is 35.3 Å². The van der Waals surface area contributed by atoms with Crippen LogP contribution in [0.2, 0.25) is 0 Å². The maximum Gasteiger partial charge on any atom is 0.408 e. The van der Waals surface area contributed by atoms with Gasteiger partial charge < -0.3 is 14.5 Å².